The zero-order valence-electron chi connectivity index (χ0n) is 10.8. The number of carbonyl (C=O) groups excluding carboxylic acids is 1. The first-order valence-electron chi connectivity index (χ1n) is 6.11. The first-order valence-corrected chi connectivity index (χ1v) is 6.11. The second kappa shape index (κ2) is 6.89. The standard InChI is InChI=1S/C15H21NO/c1-12(2)11-13(3)16-15(17)10-9-14-7-5-4-6-8-14/h4-10,12-13H,11H2,1-3H3,(H,16,17)/b10-9+. The molecule has 0 aliphatic rings. The second-order valence-electron chi connectivity index (χ2n) is 4.78. The Morgan fingerprint density at radius 2 is 1.88 bits per heavy atom. The molecule has 0 radical (unpaired) electrons. The zero-order chi connectivity index (χ0) is 12.7. The molecular weight excluding hydrogens is 210 g/mol. The van der Waals surface area contributed by atoms with Gasteiger partial charge >= 0.3 is 0 Å². The molecule has 1 rings (SSSR count). The van der Waals surface area contributed by atoms with Gasteiger partial charge in [-0.05, 0) is 30.9 Å². The van der Waals surface area contributed by atoms with Gasteiger partial charge < -0.3 is 5.32 Å². The van der Waals surface area contributed by atoms with Gasteiger partial charge in [-0.25, -0.2) is 0 Å². The number of hydrogen-bond acceptors (Lipinski definition) is 1. The van der Waals surface area contributed by atoms with E-state index in [1.807, 2.05) is 43.3 Å². The molecule has 17 heavy (non-hydrogen) atoms. The molecule has 0 bridgehead atoms. The third kappa shape index (κ3) is 5.91. The predicted octanol–water partition coefficient (Wildman–Crippen LogP) is 3.25. The summed E-state index contributed by atoms with van der Waals surface area (Å²) < 4.78 is 0. The van der Waals surface area contributed by atoms with Crippen LogP contribution in [0.2, 0.25) is 0 Å². The lowest BCUT2D eigenvalue weighted by Gasteiger charge is -2.14. The average molecular weight is 231 g/mol. The van der Waals surface area contributed by atoms with E-state index in [0.717, 1.165) is 12.0 Å². The van der Waals surface area contributed by atoms with Gasteiger partial charge in [0.05, 0.1) is 0 Å². The number of amides is 1. The van der Waals surface area contributed by atoms with Crippen LogP contribution in [-0.2, 0) is 4.79 Å². The van der Waals surface area contributed by atoms with Crippen molar-refractivity contribution in [3.05, 3.63) is 42.0 Å². The molecule has 92 valence electrons. The van der Waals surface area contributed by atoms with Crippen molar-refractivity contribution < 1.29 is 4.79 Å². The molecule has 0 aliphatic carbocycles. The first-order chi connectivity index (χ1) is 8.08. The summed E-state index contributed by atoms with van der Waals surface area (Å²) in [4.78, 5) is 11.6. The van der Waals surface area contributed by atoms with Crippen LogP contribution < -0.4 is 5.32 Å². The molecule has 0 aliphatic heterocycles. The highest BCUT2D eigenvalue weighted by molar-refractivity contribution is 5.91. The SMILES string of the molecule is CC(C)CC(C)NC(=O)/C=C/c1ccccc1. The average Bonchev–Trinajstić information content (AvgIpc) is 2.26. The molecule has 1 N–H and O–H groups in total. The summed E-state index contributed by atoms with van der Waals surface area (Å²) in [5.74, 6) is 0.574. The van der Waals surface area contributed by atoms with Gasteiger partial charge in [-0.3, -0.25) is 4.79 Å². The van der Waals surface area contributed by atoms with Gasteiger partial charge in [0.25, 0.3) is 0 Å². The normalized spacial score (nSPS) is 12.9. The van der Waals surface area contributed by atoms with Crippen molar-refractivity contribution in [1.29, 1.82) is 0 Å². The van der Waals surface area contributed by atoms with Crippen LogP contribution in [0.5, 0.6) is 0 Å². The molecule has 0 heterocycles. The van der Waals surface area contributed by atoms with Crippen molar-refractivity contribution >= 4 is 12.0 Å². The fraction of sp³-hybridized carbons (Fsp3) is 0.400. The van der Waals surface area contributed by atoms with E-state index in [0.29, 0.717) is 5.92 Å². The minimum absolute atomic E-state index is 0.0259. The van der Waals surface area contributed by atoms with Crippen LogP contribution in [0.15, 0.2) is 36.4 Å². The quantitative estimate of drug-likeness (QED) is 0.774. The Morgan fingerprint density at radius 3 is 2.47 bits per heavy atom. The fourth-order valence-electron chi connectivity index (χ4n) is 1.79. The van der Waals surface area contributed by atoms with Gasteiger partial charge in [-0.1, -0.05) is 44.2 Å². The Morgan fingerprint density at radius 1 is 1.24 bits per heavy atom. The third-order valence-corrected chi connectivity index (χ3v) is 2.44. The molecule has 0 saturated heterocycles. The molecule has 1 aromatic rings. The molecule has 1 unspecified atom stereocenters. The Bertz CT molecular complexity index is 368. The Labute approximate surface area is 104 Å². The maximum atomic E-state index is 11.6. The monoisotopic (exact) mass is 231 g/mol. The van der Waals surface area contributed by atoms with E-state index in [2.05, 4.69) is 19.2 Å². The van der Waals surface area contributed by atoms with Crippen molar-refractivity contribution in [2.45, 2.75) is 33.2 Å². The fourth-order valence-corrected chi connectivity index (χ4v) is 1.79. The van der Waals surface area contributed by atoms with E-state index in [9.17, 15) is 4.79 Å². The van der Waals surface area contributed by atoms with Crippen molar-refractivity contribution in [1.82, 2.24) is 5.32 Å². The van der Waals surface area contributed by atoms with E-state index >= 15 is 0 Å². The molecule has 2 heteroatoms. The highest BCUT2D eigenvalue weighted by Crippen LogP contribution is 2.04. The number of hydrogen-bond donors (Lipinski definition) is 1. The number of nitrogens with one attached hydrogen (secondary N) is 1. The molecule has 1 amide bonds. The summed E-state index contributed by atoms with van der Waals surface area (Å²) in [6.07, 6.45) is 4.43. The van der Waals surface area contributed by atoms with E-state index in [1.165, 1.54) is 0 Å². The van der Waals surface area contributed by atoms with Crippen molar-refractivity contribution in [3.8, 4) is 0 Å². The lowest BCUT2D eigenvalue weighted by atomic mass is 10.1. The molecule has 0 aromatic heterocycles. The highest BCUT2D eigenvalue weighted by Gasteiger charge is 2.06. The number of carbonyl (C=O) groups is 1. The number of rotatable bonds is 5. The van der Waals surface area contributed by atoms with Gasteiger partial charge in [-0.15, -0.1) is 0 Å². The summed E-state index contributed by atoms with van der Waals surface area (Å²) in [6.45, 7) is 6.35. The Hall–Kier alpha value is -1.57. The van der Waals surface area contributed by atoms with Crippen LogP contribution in [0.1, 0.15) is 32.8 Å². The minimum Gasteiger partial charge on any atom is -0.350 e. The van der Waals surface area contributed by atoms with E-state index in [1.54, 1.807) is 6.08 Å². The molecule has 1 aromatic carbocycles. The smallest absolute Gasteiger partial charge is 0.244 e. The summed E-state index contributed by atoms with van der Waals surface area (Å²) in [5.41, 5.74) is 1.04. The Balaban J connectivity index is 2.42. The molecule has 0 fully saturated rings. The van der Waals surface area contributed by atoms with Crippen LogP contribution in [0.3, 0.4) is 0 Å². The van der Waals surface area contributed by atoms with Gasteiger partial charge in [0.15, 0.2) is 0 Å². The van der Waals surface area contributed by atoms with E-state index < -0.39 is 0 Å². The van der Waals surface area contributed by atoms with Gasteiger partial charge in [0.2, 0.25) is 5.91 Å². The summed E-state index contributed by atoms with van der Waals surface area (Å²) in [5, 5.41) is 2.96. The molecular formula is C15H21NO. The largest absolute Gasteiger partial charge is 0.350 e. The summed E-state index contributed by atoms with van der Waals surface area (Å²) >= 11 is 0. The number of benzene rings is 1. The van der Waals surface area contributed by atoms with E-state index in [-0.39, 0.29) is 11.9 Å². The van der Waals surface area contributed by atoms with Crippen molar-refractivity contribution in [2.75, 3.05) is 0 Å². The van der Waals surface area contributed by atoms with Gasteiger partial charge in [0.1, 0.15) is 0 Å². The second-order valence-corrected chi connectivity index (χ2v) is 4.78. The lowest BCUT2D eigenvalue weighted by Crippen LogP contribution is -2.32. The first kappa shape index (κ1) is 13.5. The minimum atomic E-state index is -0.0259. The molecule has 2 nitrogen and oxygen atoms in total. The highest BCUT2D eigenvalue weighted by atomic mass is 16.1. The van der Waals surface area contributed by atoms with Gasteiger partial charge in [-0.2, -0.15) is 0 Å². The molecule has 0 spiro atoms. The molecule has 1 atom stereocenters. The maximum Gasteiger partial charge on any atom is 0.244 e. The van der Waals surface area contributed by atoms with Crippen LogP contribution >= 0.6 is 0 Å². The van der Waals surface area contributed by atoms with Crippen molar-refractivity contribution in [3.63, 3.8) is 0 Å². The summed E-state index contributed by atoms with van der Waals surface area (Å²) in [6, 6.07) is 10.0. The molecule has 0 saturated carbocycles. The Kier molecular flexibility index (Phi) is 5.47. The van der Waals surface area contributed by atoms with E-state index in [4.69, 9.17) is 0 Å². The van der Waals surface area contributed by atoms with Gasteiger partial charge in [0, 0.05) is 12.1 Å². The summed E-state index contributed by atoms with van der Waals surface area (Å²) in [7, 11) is 0. The van der Waals surface area contributed by atoms with Crippen LogP contribution in [-0.4, -0.2) is 11.9 Å². The topological polar surface area (TPSA) is 29.1 Å². The third-order valence-electron chi connectivity index (χ3n) is 2.44. The van der Waals surface area contributed by atoms with Crippen LogP contribution in [0.4, 0.5) is 0 Å². The zero-order valence-corrected chi connectivity index (χ0v) is 10.8. The van der Waals surface area contributed by atoms with Crippen LogP contribution in [0, 0.1) is 5.92 Å². The lowest BCUT2D eigenvalue weighted by molar-refractivity contribution is -0.117. The van der Waals surface area contributed by atoms with Crippen LogP contribution in [0.25, 0.3) is 6.08 Å². The predicted molar refractivity (Wildman–Crippen MR) is 72.5 cm³/mol. The van der Waals surface area contributed by atoms with Crippen molar-refractivity contribution in [2.24, 2.45) is 5.92 Å². The maximum absolute atomic E-state index is 11.6.